The molecule has 0 N–H and O–H groups in total. The molecule has 0 aliphatic carbocycles. The molecule has 0 saturated heterocycles. The van der Waals surface area contributed by atoms with E-state index in [-0.39, 0.29) is 18.2 Å². The van der Waals surface area contributed by atoms with E-state index < -0.39 is 5.97 Å². The van der Waals surface area contributed by atoms with Gasteiger partial charge in [-0.15, -0.1) is 12.4 Å². The highest BCUT2D eigenvalue weighted by molar-refractivity contribution is 5.86. The summed E-state index contributed by atoms with van der Waals surface area (Å²) in [6, 6.07) is 3.24. The Morgan fingerprint density at radius 2 is 2.29 bits per heavy atom. The van der Waals surface area contributed by atoms with Crippen LogP contribution in [0.2, 0.25) is 0 Å². The summed E-state index contributed by atoms with van der Waals surface area (Å²) in [7, 11) is 3.83. The van der Waals surface area contributed by atoms with E-state index in [2.05, 4.69) is 0 Å². The molecule has 0 aliphatic heterocycles. The average molecular weight is 220 g/mol. The van der Waals surface area contributed by atoms with Crippen LogP contribution in [-0.4, -0.2) is 38.1 Å². The van der Waals surface area contributed by atoms with Gasteiger partial charge in [-0.1, -0.05) is 0 Å². The third-order valence-electron chi connectivity index (χ3n) is 1.49. The molecule has 1 rings (SSSR count). The number of carbonyl (C=O) groups excluding carboxylic acids is 1. The minimum Gasteiger partial charge on any atom is -0.458 e. The van der Waals surface area contributed by atoms with Gasteiger partial charge in [0.25, 0.3) is 0 Å². The summed E-state index contributed by atoms with van der Waals surface area (Å²) in [5.41, 5.74) is 0. The van der Waals surface area contributed by atoms with Gasteiger partial charge >= 0.3 is 5.97 Å². The second kappa shape index (κ2) is 6.45. The molecule has 0 amide bonds. The highest BCUT2D eigenvalue weighted by atomic mass is 35.5. The van der Waals surface area contributed by atoms with Gasteiger partial charge in [-0.25, -0.2) is 4.79 Å². The van der Waals surface area contributed by atoms with Crippen LogP contribution in [0.25, 0.3) is 0 Å². The van der Waals surface area contributed by atoms with Gasteiger partial charge in [0.05, 0.1) is 6.26 Å². The Bertz CT molecular complexity index is 259. The smallest absolute Gasteiger partial charge is 0.374 e. The van der Waals surface area contributed by atoms with Crippen LogP contribution >= 0.6 is 12.4 Å². The summed E-state index contributed by atoms with van der Waals surface area (Å²) in [6.07, 6.45) is 1.45. The number of likely N-dealkylation sites (N-methyl/N-ethyl adjacent to an activating group) is 1. The Labute approximate surface area is 89.2 Å². The molecule has 1 aromatic rings. The molecule has 0 radical (unpaired) electrons. The Morgan fingerprint density at radius 1 is 1.57 bits per heavy atom. The number of esters is 1. The van der Waals surface area contributed by atoms with Crippen molar-refractivity contribution in [2.45, 2.75) is 0 Å². The summed E-state index contributed by atoms with van der Waals surface area (Å²) >= 11 is 0. The van der Waals surface area contributed by atoms with Crippen LogP contribution in [0.15, 0.2) is 22.8 Å². The van der Waals surface area contributed by atoms with E-state index in [0.29, 0.717) is 13.2 Å². The van der Waals surface area contributed by atoms with Gasteiger partial charge in [-0.2, -0.15) is 0 Å². The average Bonchev–Trinajstić information content (AvgIpc) is 2.55. The van der Waals surface area contributed by atoms with E-state index in [4.69, 9.17) is 9.15 Å². The van der Waals surface area contributed by atoms with Crippen molar-refractivity contribution in [1.82, 2.24) is 4.90 Å². The zero-order valence-electron chi connectivity index (χ0n) is 8.23. The lowest BCUT2D eigenvalue weighted by molar-refractivity contribution is 0.0446. The first-order valence-corrected chi connectivity index (χ1v) is 4.05. The SMILES string of the molecule is CN(C)CCOC(=O)c1ccco1.Cl. The van der Waals surface area contributed by atoms with Gasteiger partial charge in [0.1, 0.15) is 6.61 Å². The molecular weight excluding hydrogens is 206 g/mol. The molecule has 0 aliphatic rings. The maximum Gasteiger partial charge on any atom is 0.374 e. The van der Waals surface area contributed by atoms with Crippen LogP contribution in [0.3, 0.4) is 0 Å². The van der Waals surface area contributed by atoms with Crippen molar-refractivity contribution >= 4 is 18.4 Å². The van der Waals surface area contributed by atoms with Crippen LogP contribution in [0, 0.1) is 0 Å². The summed E-state index contributed by atoms with van der Waals surface area (Å²) < 4.78 is 9.79. The van der Waals surface area contributed by atoms with Crippen LogP contribution in [0.1, 0.15) is 10.6 Å². The van der Waals surface area contributed by atoms with E-state index in [9.17, 15) is 4.79 Å². The lowest BCUT2D eigenvalue weighted by Gasteiger charge is -2.08. The van der Waals surface area contributed by atoms with Crippen LogP contribution < -0.4 is 0 Å². The first kappa shape index (κ1) is 13.0. The molecule has 5 heteroatoms. The molecule has 0 spiro atoms. The van der Waals surface area contributed by atoms with Crippen molar-refractivity contribution in [3.8, 4) is 0 Å². The van der Waals surface area contributed by atoms with E-state index in [0.717, 1.165) is 0 Å². The minimum atomic E-state index is -0.410. The minimum absolute atomic E-state index is 0. The fourth-order valence-corrected chi connectivity index (χ4v) is 0.787. The zero-order chi connectivity index (χ0) is 9.68. The van der Waals surface area contributed by atoms with Crippen molar-refractivity contribution < 1.29 is 13.9 Å². The van der Waals surface area contributed by atoms with Crippen molar-refractivity contribution in [1.29, 1.82) is 0 Å². The van der Waals surface area contributed by atoms with Gasteiger partial charge in [-0.3, -0.25) is 0 Å². The predicted molar refractivity (Wildman–Crippen MR) is 54.8 cm³/mol. The molecule has 14 heavy (non-hydrogen) atoms. The fraction of sp³-hybridized carbons (Fsp3) is 0.444. The van der Waals surface area contributed by atoms with E-state index in [1.165, 1.54) is 6.26 Å². The van der Waals surface area contributed by atoms with Crippen LogP contribution in [-0.2, 0) is 4.74 Å². The molecule has 0 atom stereocenters. The van der Waals surface area contributed by atoms with Crippen molar-refractivity contribution in [2.24, 2.45) is 0 Å². The fourth-order valence-electron chi connectivity index (χ4n) is 0.787. The van der Waals surface area contributed by atoms with Crippen molar-refractivity contribution in [2.75, 3.05) is 27.2 Å². The second-order valence-corrected chi connectivity index (χ2v) is 2.92. The molecule has 1 aromatic heterocycles. The third-order valence-corrected chi connectivity index (χ3v) is 1.49. The normalized spacial score (nSPS) is 9.64. The monoisotopic (exact) mass is 219 g/mol. The maximum atomic E-state index is 11.2. The molecule has 0 saturated carbocycles. The van der Waals surface area contributed by atoms with Gasteiger partial charge in [0.15, 0.2) is 0 Å². The number of nitrogens with zero attached hydrogens (tertiary/aromatic N) is 1. The third kappa shape index (κ3) is 4.30. The lowest BCUT2D eigenvalue weighted by Crippen LogP contribution is -2.19. The zero-order valence-corrected chi connectivity index (χ0v) is 9.04. The first-order valence-electron chi connectivity index (χ1n) is 4.05. The van der Waals surface area contributed by atoms with Gasteiger partial charge in [0, 0.05) is 6.54 Å². The molecule has 4 nitrogen and oxygen atoms in total. The van der Waals surface area contributed by atoms with E-state index >= 15 is 0 Å². The molecule has 1 heterocycles. The van der Waals surface area contributed by atoms with Crippen molar-refractivity contribution in [3.63, 3.8) is 0 Å². The number of carbonyl (C=O) groups is 1. The molecule has 0 bridgehead atoms. The summed E-state index contributed by atoms with van der Waals surface area (Å²) in [4.78, 5) is 13.1. The molecular formula is C9H14ClNO3. The summed E-state index contributed by atoms with van der Waals surface area (Å²) in [5.74, 6) is -0.161. The number of ether oxygens (including phenoxy) is 1. The predicted octanol–water partition coefficient (Wildman–Crippen LogP) is 1.42. The van der Waals surface area contributed by atoms with Gasteiger partial charge in [-0.05, 0) is 26.2 Å². The highest BCUT2D eigenvalue weighted by Gasteiger charge is 2.08. The van der Waals surface area contributed by atoms with Crippen molar-refractivity contribution in [3.05, 3.63) is 24.2 Å². The largest absolute Gasteiger partial charge is 0.458 e. The first-order chi connectivity index (χ1) is 6.20. The van der Waals surface area contributed by atoms with Gasteiger partial charge < -0.3 is 14.1 Å². The number of rotatable bonds is 4. The van der Waals surface area contributed by atoms with E-state index in [1.54, 1.807) is 12.1 Å². The number of halogens is 1. The molecule has 0 fully saturated rings. The lowest BCUT2D eigenvalue weighted by atomic mass is 10.4. The summed E-state index contributed by atoms with van der Waals surface area (Å²) in [5, 5.41) is 0. The number of furan rings is 1. The number of hydrogen-bond acceptors (Lipinski definition) is 4. The molecule has 0 unspecified atom stereocenters. The Hall–Kier alpha value is -1.00. The molecule has 0 aromatic carbocycles. The van der Waals surface area contributed by atoms with Gasteiger partial charge in [0.2, 0.25) is 5.76 Å². The Balaban J connectivity index is 0.00000169. The second-order valence-electron chi connectivity index (χ2n) is 2.92. The highest BCUT2D eigenvalue weighted by Crippen LogP contribution is 2.01. The molecule has 80 valence electrons. The van der Waals surface area contributed by atoms with E-state index in [1.807, 2.05) is 19.0 Å². The Morgan fingerprint density at radius 3 is 2.79 bits per heavy atom. The quantitative estimate of drug-likeness (QED) is 0.719. The number of hydrogen-bond donors (Lipinski definition) is 0. The standard InChI is InChI=1S/C9H13NO3.ClH/c1-10(2)5-7-13-9(11)8-4-3-6-12-8;/h3-4,6H,5,7H2,1-2H3;1H. The van der Waals surface area contributed by atoms with Crippen LogP contribution in [0.4, 0.5) is 0 Å². The topological polar surface area (TPSA) is 42.7 Å². The van der Waals surface area contributed by atoms with Crippen LogP contribution in [0.5, 0.6) is 0 Å². The summed E-state index contributed by atoms with van der Waals surface area (Å²) in [6.45, 7) is 1.10. The Kier molecular flexibility index (Phi) is 5.99. The maximum absolute atomic E-state index is 11.2.